The molecule has 1 nitrogen and oxygen atoms in total. The van der Waals surface area contributed by atoms with E-state index in [-0.39, 0.29) is 5.41 Å². The molecule has 71 heavy (non-hydrogen) atoms. The molecule has 1 heteroatoms. The Hall–Kier alpha value is -8.78. The minimum absolute atomic E-state index is 0.255. The lowest BCUT2D eigenvalue weighted by atomic mass is 9.67. The summed E-state index contributed by atoms with van der Waals surface area (Å²) in [6.45, 7) is 4.80. The summed E-state index contributed by atoms with van der Waals surface area (Å²) in [5.74, 6) is 0. The highest BCUT2D eigenvalue weighted by atomic mass is 15.1. The van der Waals surface area contributed by atoms with Gasteiger partial charge in [-0.25, -0.2) is 0 Å². The monoisotopic (exact) mass is 905 g/mol. The zero-order valence-electron chi connectivity index (χ0n) is 39.9. The summed E-state index contributed by atoms with van der Waals surface area (Å²) in [5, 5.41) is 0. The molecule has 0 amide bonds. The zero-order valence-corrected chi connectivity index (χ0v) is 39.9. The molecule has 0 aromatic heterocycles. The molecule has 0 unspecified atom stereocenters. The van der Waals surface area contributed by atoms with Crippen LogP contribution >= 0.6 is 0 Å². The van der Waals surface area contributed by atoms with E-state index < -0.39 is 5.41 Å². The van der Waals surface area contributed by atoms with Gasteiger partial charge < -0.3 is 4.90 Å². The topological polar surface area (TPSA) is 3.24 Å². The van der Waals surface area contributed by atoms with Crippen LogP contribution in [0.4, 0.5) is 17.1 Å². The van der Waals surface area contributed by atoms with Gasteiger partial charge in [-0.15, -0.1) is 0 Å². The van der Waals surface area contributed by atoms with Crippen molar-refractivity contribution in [2.75, 3.05) is 4.90 Å². The maximum atomic E-state index is 2.55. The number of hydrogen-bond donors (Lipinski definition) is 0. The van der Waals surface area contributed by atoms with Crippen LogP contribution in [0, 0.1) is 0 Å². The molecule has 0 saturated carbocycles. The summed E-state index contributed by atoms with van der Waals surface area (Å²) in [4.78, 5) is 2.55. The van der Waals surface area contributed by atoms with Crippen LogP contribution in [0.1, 0.15) is 47.2 Å². The van der Waals surface area contributed by atoms with Crippen molar-refractivity contribution in [1.29, 1.82) is 0 Å². The Bertz CT molecular complexity index is 3720. The Morgan fingerprint density at radius 2 is 0.690 bits per heavy atom. The number of fused-ring (bicyclic) bond motifs is 6. The van der Waals surface area contributed by atoms with E-state index >= 15 is 0 Å². The molecule has 2 aliphatic rings. The predicted molar refractivity (Wildman–Crippen MR) is 298 cm³/mol. The molecule has 0 atom stereocenters. The van der Waals surface area contributed by atoms with Crippen molar-refractivity contribution < 1.29 is 0 Å². The van der Waals surface area contributed by atoms with Crippen molar-refractivity contribution in [2.24, 2.45) is 0 Å². The van der Waals surface area contributed by atoms with Crippen LogP contribution in [0.25, 0.3) is 66.8 Å². The highest BCUT2D eigenvalue weighted by Gasteiger charge is 2.46. The lowest BCUT2D eigenvalue weighted by Gasteiger charge is -2.35. The number of anilines is 3. The molecule has 0 fully saturated rings. The number of benzene rings is 11. The first-order chi connectivity index (χ1) is 35.0. The van der Waals surface area contributed by atoms with Gasteiger partial charge in [0.25, 0.3) is 0 Å². The van der Waals surface area contributed by atoms with E-state index in [1.54, 1.807) is 0 Å². The number of rotatable bonds is 9. The van der Waals surface area contributed by atoms with Gasteiger partial charge in [-0.1, -0.05) is 244 Å². The third-order valence-corrected chi connectivity index (χ3v) is 15.4. The minimum Gasteiger partial charge on any atom is -0.310 e. The first-order valence-electron chi connectivity index (χ1n) is 24.8. The molecule has 0 spiro atoms. The molecule has 0 N–H and O–H groups in total. The fourth-order valence-corrected chi connectivity index (χ4v) is 12.0. The summed E-state index contributed by atoms with van der Waals surface area (Å²) in [5.41, 5.74) is 24.9. The van der Waals surface area contributed by atoms with Crippen molar-refractivity contribution >= 4 is 17.1 Å². The largest absolute Gasteiger partial charge is 0.310 e. The summed E-state index contributed by atoms with van der Waals surface area (Å²) >= 11 is 0. The molecule has 11 aromatic rings. The second-order valence-electron chi connectivity index (χ2n) is 19.6. The third-order valence-electron chi connectivity index (χ3n) is 15.4. The van der Waals surface area contributed by atoms with E-state index in [1.165, 1.54) is 94.6 Å². The van der Waals surface area contributed by atoms with E-state index in [0.717, 1.165) is 22.6 Å². The fourth-order valence-electron chi connectivity index (χ4n) is 12.0. The van der Waals surface area contributed by atoms with Crippen LogP contribution in [0.15, 0.2) is 273 Å². The van der Waals surface area contributed by atoms with Gasteiger partial charge in [-0.3, -0.25) is 0 Å². The Labute approximate surface area is 417 Å². The van der Waals surface area contributed by atoms with E-state index in [4.69, 9.17) is 0 Å². The summed E-state index contributed by atoms with van der Waals surface area (Å²) in [6, 6.07) is 101. The highest BCUT2D eigenvalue weighted by Crippen LogP contribution is 2.58. The summed E-state index contributed by atoms with van der Waals surface area (Å²) < 4.78 is 0. The van der Waals surface area contributed by atoms with Crippen LogP contribution < -0.4 is 4.90 Å². The van der Waals surface area contributed by atoms with Gasteiger partial charge in [0.2, 0.25) is 0 Å². The third kappa shape index (κ3) is 6.84. The second kappa shape index (κ2) is 17.0. The molecular weight excluding hydrogens is 855 g/mol. The number of hydrogen-bond acceptors (Lipinski definition) is 1. The van der Waals surface area contributed by atoms with Crippen molar-refractivity contribution in [2.45, 2.75) is 24.7 Å². The lowest BCUT2D eigenvalue weighted by molar-refractivity contribution is 0.660. The maximum absolute atomic E-state index is 2.55. The Balaban J connectivity index is 1.08. The molecule has 11 aromatic carbocycles. The van der Waals surface area contributed by atoms with Crippen LogP contribution in [0.2, 0.25) is 0 Å². The molecule has 2 aliphatic carbocycles. The zero-order chi connectivity index (χ0) is 47.5. The first kappa shape index (κ1) is 42.3. The van der Waals surface area contributed by atoms with Crippen LogP contribution in [0.3, 0.4) is 0 Å². The smallest absolute Gasteiger partial charge is 0.0714 e. The van der Waals surface area contributed by atoms with Gasteiger partial charge in [0.05, 0.1) is 11.1 Å². The Kier molecular flexibility index (Phi) is 10.1. The van der Waals surface area contributed by atoms with E-state index in [9.17, 15) is 0 Å². The van der Waals surface area contributed by atoms with Crippen LogP contribution in [-0.2, 0) is 10.8 Å². The van der Waals surface area contributed by atoms with Gasteiger partial charge >= 0.3 is 0 Å². The van der Waals surface area contributed by atoms with E-state index in [0.29, 0.717) is 0 Å². The molecular formula is C70H51N. The van der Waals surface area contributed by atoms with Crippen molar-refractivity contribution in [3.8, 4) is 66.8 Å². The Morgan fingerprint density at radius 1 is 0.268 bits per heavy atom. The highest BCUT2D eigenvalue weighted by molar-refractivity contribution is 5.99. The number of nitrogens with zero attached hydrogens (tertiary/aromatic N) is 1. The fraction of sp³-hybridized carbons (Fsp3) is 0.0571. The standard InChI is InChI=1S/C70H51N/c1-69(2)64-45-52(49-24-10-4-11-25-49)38-41-60(64)61-42-39-56(46-65(61)69)71(67-37-21-35-58(68(67)50-26-12-5-13-27-50)53-29-20-28-51(44-53)48-22-8-3-9-23-48)57-40-43-62-59-34-18-19-36-63(59)70(66(62)47-57,54-30-14-6-15-31-54)55-32-16-7-17-33-55/h3-47H,1-2H3. The maximum Gasteiger partial charge on any atom is 0.0714 e. The quantitative estimate of drug-likeness (QED) is 0.139. The average Bonchev–Trinajstić information content (AvgIpc) is 3.86. The predicted octanol–water partition coefficient (Wildman–Crippen LogP) is 18.5. The molecule has 0 bridgehead atoms. The van der Waals surface area contributed by atoms with Crippen molar-refractivity contribution in [3.63, 3.8) is 0 Å². The van der Waals surface area contributed by atoms with Crippen molar-refractivity contribution in [1.82, 2.24) is 0 Å². The SMILES string of the molecule is CC1(C)c2cc(-c3ccccc3)ccc2-c2ccc(N(c3ccc4c(c3)C(c3ccccc3)(c3ccccc3)c3ccccc3-4)c3cccc(-c4cccc(-c5ccccc5)c4)c3-c3ccccc3)cc21. The normalized spacial score (nSPS) is 13.4. The molecule has 13 rings (SSSR count). The minimum atomic E-state index is -0.559. The molecule has 0 radical (unpaired) electrons. The van der Waals surface area contributed by atoms with Gasteiger partial charge in [-0.05, 0) is 137 Å². The van der Waals surface area contributed by atoms with Crippen LogP contribution in [-0.4, -0.2) is 0 Å². The molecule has 336 valence electrons. The molecule has 0 saturated heterocycles. The van der Waals surface area contributed by atoms with Gasteiger partial charge in [0.15, 0.2) is 0 Å². The van der Waals surface area contributed by atoms with Gasteiger partial charge in [-0.2, -0.15) is 0 Å². The van der Waals surface area contributed by atoms with Crippen LogP contribution in [0.5, 0.6) is 0 Å². The average molecular weight is 906 g/mol. The van der Waals surface area contributed by atoms with E-state index in [1.807, 2.05) is 0 Å². The van der Waals surface area contributed by atoms with Crippen molar-refractivity contribution in [3.05, 3.63) is 306 Å². The molecule has 0 aliphatic heterocycles. The molecule has 0 heterocycles. The first-order valence-corrected chi connectivity index (χ1v) is 24.8. The van der Waals surface area contributed by atoms with Gasteiger partial charge in [0.1, 0.15) is 0 Å². The summed E-state index contributed by atoms with van der Waals surface area (Å²) in [7, 11) is 0. The second-order valence-corrected chi connectivity index (χ2v) is 19.6. The lowest BCUT2D eigenvalue weighted by Crippen LogP contribution is -2.28. The van der Waals surface area contributed by atoms with E-state index in [2.05, 4.69) is 292 Å². The summed E-state index contributed by atoms with van der Waals surface area (Å²) in [6.07, 6.45) is 0. The van der Waals surface area contributed by atoms with Gasteiger partial charge in [0, 0.05) is 22.4 Å². The Morgan fingerprint density at radius 3 is 1.31 bits per heavy atom.